The Bertz CT molecular complexity index is 1490. The largest absolute Gasteiger partial charge is 0.490 e. The summed E-state index contributed by atoms with van der Waals surface area (Å²) in [5.74, 6) is -4.59. The topological polar surface area (TPSA) is 107 Å². The lowest BCUT2D eigenvalue weighted by Gasteiger charge is -2.42. The first-order chi connectivity index (χ1) is 20.5. The third-order valence-electron chi connectivity index (χ3n) is 8.21. The highest BCUT2D eigenvalue weighted by atomic mass is 19.4. The molecule has 8 nitrogen and oxygen atoms in total. The van der Waals surface area contributed by atoms with Crippen molar-refractivity contribution >= 4 is 23.7 Å². The summed E-state index contributed by atoms with van der Waals surface area (Å²) < 4.78 is 31.7. The maximum atomic E-state index is 14.2. The lowest BCUT2D eigenvalue weighted by atomic mass is 9.74. The van der Waals surface area contributed by atoms with E-state index in [0.29, 0.717) is 19.5 Å². The summed E-state index contributed by atoms with van der Waals surface area (Å²) in [5, 5.41) is 10.7. The van der Waals surface area contributed by atoms with E-state index >= 15 is 0 Å². The number of piperidine rings is 1. The number of aliphatic carboxylic acids is 1. The van der Waals surface area contributed by atoms with Crippen molar-refractivity contribution in [3.8, 4) is 0 Å². The van der Waals surface area contributed by atoms with Gasteiger partial charge in [-0.1, -0.05) is 91.0 Å². The molecule has 4 atom stereocenters. The predicted molar refractivity (Wildman–Crippen MR) is 149 cm³/mol. The van der Waals surface area contributed by atoms with Crippen molar-refractivity contribution in [2.75, 3.05) is 6.54 Å². The Kier molecular flexibility index (Phi) is 8.36. The number of hydrogen-bond donors (Lipinski definition) is 2. The summed E-state index contributed by atoms with van der Waals surface area (Å²) in [7, 11) is 0. The number of fused-ring (bicyclic) bond motifs is 2. The van der Waals surface area contributed by atoms with Crippen LogP contribution in [0, 0.1) is 11.8 Å². The molecule has 224 valence electrons. The van der Waals surface area contributed by atoms with E-state index in [9.17, 15) is 27.6 Å². The number of likely N-dealkylation sites (tertiary alicyclic amines) is 2. The molecule has 0 unspecified atom stereocenters. The van der Waals surface area contributed by atoms with Gasteiger partial charge in [0.15, 0.2) is 0 Å². The van der Waals surface area contributed by atoms with Crippen molar-refractivity contribution in [1.29, 1.82) is 0 Å². The smallest absolute Gasteiger partial charge is 0.475 e. The van der Waals surface area contributed by atoms with Gasteiger partial charge in [-0.05, 0) is 29.5 Å². The molecule has 43 heavy (non-hydrogen) atoms. The van der Waals surface area contributed by atoms with Gasteiger partial charge in [0.2, 0.25) is 17.7 Å². The van der Waals surface area contributed by atoms with Crippen molar-refractivity contribution in [1.82, 2.24) is 15.1 Å². The minimum Gasteiger partial charge on any atom is -0.475 e. The summed E-state index contributed by atoms with van der Waals surface area (Å²) in [4.78, 5) is 54.1. The molecule has 3 aliphatic rings. The Labute approximate surface area is 246 Å². The zero-order valence-electron chi connectivity index (χ0n) is 23.0. The van der Waals surface area contributed by atoms with Crippen LogP contribution < -0.4 is 5.32 Å². The minimum atomic E-state index is -5.08. The number of benzene rings is 3. The van der Waals surface area contributed by atoms with Crippen molar-refractivity contribution in [2.45, 2.75) is 43.7 Å². The maximum Gasteiger partial charge on any atom is 0.490 e. The van der Waals surface area contributed by atoms with Crippen molar-refractivity contribution in [3.05, 3.63) is 108 Å². The zero-order valence-corrected chi connectivity index (χ0v) is 23.0. The Hall–Kier alpha value is -4.51. The number of halogens is 3. The number of amides is 3. The lowest BCUT2D eigenvalue weighted by Crippen LogP contribution is -2.63. The van der Waals surface area contributed by atoms with Gasteiger partial charge in [0.25, 0.3) is 0 Å². The molecule has 3 fully saturated rings. The molecule has 3 aromatic rings. The van der Waals surface area contributed by atoms with Crippen LogP contribution in [0.2, 0.25) is 0 Å². The van der Waals surface area contributed by atoms with Crippen molar-refractivity contribution in [3.63, 3.8) is 0 Å². The molecule has 3 aliphatic heterocycles. The Balaban J connectivity index is 0.000000472. The van der Waals surface area contributed by atoms with E-state index in [4.69, 9.17) is 9.90 Å². The molecule has 0 aromatic heterocycles. The number of carboxylic acids is 1. The molecule has 11 heteroatoms. The molecule has 2 N–H and O–H groups in total. The molecule has 3 heterocycles. The zero-order chi connectivity index (χ0) is 30.8. The molecule has 0 saturated carbocycles. The van der Waals surface area contributed by atoms with E-state index in [1.807, 2.05) is 95.9 Å². The Morgan fingerprint density at radius 1 is 0.837 bits per heavy atom. The van der Waals surface area contributed by atoms with Crippen molar-refractivity contribution < 1.29 is 37.5 Å². The Morgan fingerprint density at radius 2 is 1.35 bits per heavy atom. The molecule has 0 radical (unpaired) electrons. The number of imide groups is 1. The molecule has 0 aliphatic carbocycles. The number of alkyl halides is 3. The van der Waals surface area contributed by atoms with Crippen LogP contribution in [0.25, 0.3) is 0 Å². The second-order valence-electron chi connectivity index (χ2n) is 10.9. The second-order valence-corrected chi connectivity index (χ2v) is 10.9. The van der Waals surface area contributed by atoms with Gasteiger partial charge in [0.1, 0.15) is 5.54 Å². The fourth-order valence-electron chi connectivity index (χ4n) is 6.35. The summed E-state index contributed by atoms with van der Waals surface area (Å²) in [6, 6.07) is 28.8. The van der Waals surface area contributed by atoms with Crippen LogP contribution in [0.5, 0.6) is 0 Å². The highest BCUT2D eigenvalue weighted by molar-refractivity contribution is 6.10. The first kappa shape index (κ1) is 30.0. The number of hydrogen-bond acceptors (Lipinski definition) is 5. The highest BCUT2D eigenvalue weighted by Crippen LogP contribution is 2.52. The number of rotatable bonds is 5. The summed E-state index contributed by atoms with van der Waals surface area (Å²) in [6.07, 6.45) is -3.77. The van der Waals surface area contributed by atoms with E-state index < -0.39 is 35.6 Å². The van der Waals surface area contributed by atoms with Gasteiger partial charge in [-0.25, -0.2) is 4.79 Å². The summed E-state index contributed by atoms with van der Waals surface area (Å²) in [6.45, 7) is 1.36. The average Bonchev–Trinajstić information content (AvgIpc) is 3.46. The van der Waals surface area contributed by atoms with E-state index in [1.54, 1.807) is 0 Å². The molecule has 6 rings (SSSR count). The lowest BCUT2D eigenvalue weighted by molar-refractivity contribution is -0.192. The first-order valence-electron chi connectivity index (χ1n) is 13.9. The van der Waals surface area contributed by atoms with Crippen LogP contribution in [0.4, 0.5) is 13.2 Å². The number of carbonyl (C=O) groups excluding carboxylic acids is 3. The van der Waals surface area contributed by atoms with Gasteiger partial charge in [0, 0.05) is 19.1 Å². The molecule has 3 amide bonds. The Morgan fingerprint density at radius 3 is 1.88 bits per heavy atom. The first-order valence-corrected chi connectivity index (χ1v) is 13.9. The fraction of sp³-hybridized carbons (Fsp3) is 0.312. The van der Waals surface area contributed by atoms with E-state index in [1.165, 1.54) is 4.90 Å². The van der Waals surface area contributed by atoms with Gasteiger partial charge >= 0.3 is 12.1 Å². The van der Waals surface area contributed by atoms with Crippen LogP contribution in [0.1, 0.15) is 35.6 Å². The van der Waals surface area contributed by atoms with Crippen LogP contribution >= 0.6 is 0 Å². The molecular formula is C32H30F3N3O5. The van der Waals surface area contributed by atoms with Crippen molar-refractivity contribution in [2.24, 2.45) is 11.8 Å². The van der Waals surface area contributed by atoms with E-state index in [0.717, 1.165) is 23.1 Å². The number of carboxylic acid groups (broad SMARTS) is 1. The molecule has 1 spiro atoms. The maximum absolute atomic E-state index is 14.2. The van der Waals surface area contributed by atoms with Gasteiger partial charge in [-0.3, -0.25) is 24.6 Å². The molecule has 3 aromatic carbocycles. The standard InChI is InChI=1S/C30H29N3O3.C2HF3O2/c34-27-24-25(28(35)33(27)20-22-13-6-2-7-14-22)30(31-26(24)23-15-8-3-9-16-23)17-10-18-32(29(30)36)19-21-11-4-1-5-12-21;3-2(4,5)1(6)7/h1-9,11-16,24-26,31H,10,17-20H2;(H,6,7)/t24-,25-,26-,30-;/m1./s1. The van der Waals surface area contributed by atoms with Crippen LogP contribution in [0.15, 0.2) is 91.0 Å². The number of nitrogens with zero attached hydrogens (tertiary/aromatic N) is 2. The second kappa shape index (κ2) is 12.0. The van der Waals surface area contributed by atoms with E-state index in [-0.39, 0.29) is 24.3 Å². The predicted octanol–water partition coefficient (Wildman–Crippen LogP) is 4.33. The van der Waals surface area contributed by atoms with Crippen LogP contribution in [-0.4, -0.2) is 56.9 Å². The van der Waals surface area contributed by atoms with Crippen LogP contribution in [-0.2, 0) is 32.3 Å². The SMILES string of the molecule is O=C(O)C(F)(F)F.O=C1[C@H]2[C@@H](c3ccccc3)N[C@]3(CCCN(Cc4ccccc4)C3=O)[C@H]2C(=O)N1Cc1ccccc1. The molecular weight excluding hydrogens is 563 g/mol. The minimum absolute atomic E-state index is 0.0752. The van der Waals surface area contributed by atoms with Gasteiger partial charge < -0.3 is 10.0 Å². The fourth-order valence-corrected chi connectivity index (χ4v) is 6.35. The number of carbonyl (C=O) groups is 4. The summed E-state index contributed by atoms with van der Waals surface area (Å²) in [5.41, 5.74) is 1.80. The molecule has 3 saturated heterocycles. The quantitative estimate of drug-likeness (QED) is 0.427. The highest BCUT2D eigenvalue weighted by Gasteiger charge is 2.68. The van der Waals surface area contributed by atoms with Gasteiger partial charge in [0.05, 0.1) is 18.4 Å². The normalized spacial score (nSPS) is 25.0. The third-order valence-corrected chi connectivity index (χ3v) is 8.21. The van der Waals surface area contributed by atoms with E-state index in [2.05, 4.69) is 5.32 Å². The van der Waals surface area contributed by atoms with Crippen LogP contribution in [0.3, 0.4) is 0 Å². The van der Waals surface area contributed by atoms with Gasteiger partial charge in [-0.2, -0.15) is 13.2 Å². The summed E-state index contributed by atoms with van der Waals surface area (Å²) >= 11 is 0. The molecule has 0 bridgehead atoms. The van der Waals surface area contributed by atoms with Gasteiger partial charge in [-0.15, -0.1) is 0 Å². The third kappa shape index (κ3) is 5.90. The average molecular weight is 594 g/mol. The monoisotopic (exact) mass is 593 g/mol. The number of nitrogens with one attached hydrogen (secondary N) is 1.